The molecule has 2 heterocycles. The number of carbonyl (C=O) groups excluding carboxylic acids is 1. The number of halogens is 1. The first-order valence-corrected chi connectivity index (χ1v) is 7.68. The van der Waals surface area contributed by atoms with E-state index >= 15 is 0 Å². The Hall–Kier alpha value is -1.85. The summed E-state index contributed by atoms with van der Waals surface area (Å²) in [6, 6.07) is 9.85. The molecule has 3 rings (SSSR count). The van der Waals surface area contributed by atoms with Gasteiger partial charge in [0.15, 0.2) is 0 Å². The van der Waals surface area contributed by atoms with Crippen molar-refractivity contribution in [3.8, 4) is 0 Å². The van der Waals surface area contributed by atoms with Crippen molar-refractivity contribution >= 4 is 17.5 Å². The van der Waals surface area contributed by atoms with E-state index in [2.05, 4.69) is 5.10 Å². The number of likely N-dealkylation sites (tertiary alicyclic amines) is 1. The highest BCUT2D eigenvalue weighted by Crippen LogP contribution is 2.24. The molecule has 1 atom stereocenters. The second kappa shape index (κ2) is 6.10. The lowest BCUT2D eigenvalue weighted by Crippen LogP contribution is -2.30. The summed E-state index contributed by atoms with van der Waals surface area (Å²) in [6.07, 6.45) is 0.169. The van der Waals surface area contributed by atoms with Crippen LogP contribution in [0, 0.1) is 6.92 Å². The Labute approximate surface area is 134 Å². The van der Waals surface area contributed by atoms with Crippen molar-refractivity contribution < 1.29 is 9.90 Å². The molecule has 2 aromatic rings. The molecular weight excluding hydrogens is 302 g/mol. The first kappa shape index (κ1) is 15.1. The lowest BCUT2D eigenvalue weighted by Gasteiger charge is -2.15. The zero-order valence-electron chi connectivity index (χ0n) is 12.4. The number of amides is 1. The molecule has 1 N–H and O–H groups in total. The van der Waals surface area contributed by atoms with Crippen molar-refractivity contribution in [2.45, 2.75) is 26.0 Å². The minimum absolute atomic E-state index is 0.154. The Morgan fingerprint density at radius 2 is 2.14 bits per heavy atom. The van der Waals surface area contributed by atoms with E-state index in [-0.39, 0.29) is 5.91 Å². The highest BCUT2D eigenvalue weighted by molar-refractivity contribution is 6.33. The number of aryl methyl sites for hydroxylation is 1. The SMILES string of the molecule is Cc1nn(Cc2ccccc2)c(Cl)c1C(=O)N1CC[C@@H](O)C1. The van der Waals surface area contributed by atoms with E-state index < -0.39 is 6.10 Å². The predicted octanol–water partition coefficient (Wildman–Crippen LogP) is 2.10. The van der Waals surface area contributed by atoms with E-state index in [9.17, 15) is 9.90 Å². The van der Waals surface area contributed by atoms with E-state index in [1.165, 1.54) is 0 Å². The van der Waals surface area contributed by atoms with Gasteiger partial charge in [-0.3, -0.25) is 4.79 Å². The summed E-state index contributed by atoms with van der Waals surface area (Å²) in [4.78, 5) is 14.2. The Morgan fingerprint density at radius 3 is 2.77 bits per heavy atom. The standard InChI is InChI=1S/C16H18ClN3O2/c1-11-14(16(22)19-8-7-13(21)10-19)15(17)20(18-11)9-12-5-3-2-4-6-12/h2-6,13,21H,7-10H2,1H3/t13-/m1/s1. The fourth-order valence-electron chi connectivity index (χ4n) is 2.74. The van der Waals surface area contributed by atoms with Gasteiger partial charge < -0.3 is 10.0 Å². The fourth-order valence-corrected chi connectivity index (χ4v) is 3.06. The van der Waals surface area contributed by atoms with Crippen LogP contribution in [0.1, 0.15) is 28.0 Å². The quantitative estimate of drug-likeness (QED) is 0.942. The molecule has 1 aromatic carbocycles. The number of hydrogen-bond donors (Lipinski definition) is 1. The van der Waals surface area contributed by atoms with Crippen LogP contribution in [0.25, 0.3) is 0 Å². The number of benzene rings is 1. The maximum absolute atomic E-state index is 12.6. The van der Waals surface area contributed by atoms with Gasteiger partial charge >= 0.3 is 0 Å². The maximum atomic E-state index is 12.6. The highest BCUT2D eigenvalue weighted by Gasteiger charge is 2.30. The molecule has 0 aliphatic carbocycles. The van der Waals surface area contributed by atoms with E-state index in [1.54, 1.807) is 16.5 Å². The van der Waals surface area contributed by atoms with Gasteiger partial charge in [0, 0.05) is 13.1 Å². The number of hydrogen-bond acceptors (Lipinski definition) is 3. The lowest BCUT2D eigenvalue weighted by atomic mass is 10.2. The third-order valence-corrected chi connectivity index (χ3v) is 4.29. The minimum atomic E-state index is -0.442. The van der Waals surface area contributed by atoms with Gasteiger partial charge in [-0.1, -0.05) is 41.9 Å². The molecule has 1 aromatic heterocycles. The second-order valence-corrected chi connectivity index (χ2v) is 5.95. The van der Waals surface area contributed by atoms with Gasteiger partial charge in [0.05, 0.1) is 23.9 Å². The smallest absolute Gasteiger partial charge is 0.258 e. The average molecular weight is 320 g/mol. The Balaban J connectivity index is 1.85. The van der Waals surface area contributed by atoms with Gasteiger partial charge in [-0.05, 0) is 18.9 Å². The molecule has 0 bridgehead atoms. The zero-order valence-corrected chi connectivity index (χ0v) is 13.1. The Kier molecular flexibility index (Phi) is 4.18. The molecule has 5 nitrogen and oxygen atoms in total. The van der Waals surface area contributed by atoms with Crippen molar-refractivity contribution in [3.05, 3.63) is 52.3 Å². The number of aliphatic hydroxyl groups is 1. The molecule has 1 aliphatic heterocycles. The number of nitrogens with zero attached hydrogens (tertiary/aromatic N) is 3. The summed E-state index contributed by atoms with van der Waals surface area (Å²) < 4.78 is 1.64. The number of aliphatic hydroxyl groups excluding tert-OH is 1. The Bertz CT molecular complexity index is 684. The zero-order chi connectivity index (χ0) is 15.7. The molecule has 1 saturated heterocycles. The summed E-state index contributed by atoms with van der Waals surface area (Å²) in [6.45, 7) is 3.22. The van der Waals surface area contributed by atoms with Crippen LogP contribution >= 0.6 is 11.6 Å². The summed E-state index contributed by atoms with van der Waals surface area (Å²) in [5, 5.41) is 14.3. The topological polar surface area (TPSA) is 58.4 Å². The molecule has 22 heavy (non-hydrogen) atoms. The van der Waals surface area contributed by atoms with Gasteiger partial charge in [-0.2, -0.15) is 5.10 Å². The van der Waals surface area contributed by atoms with Crippen LogP contribution in [0.5, 0.6) is 0 Å². The first-order chi connectivity index (χ1) is 10.6. The average Bonchev–Trinajstić information content (AvgIpc) is 3.04. The lowest BCUT2D eigenvalue weighted by molar-refractivity contribution is 0.0764. The number of carbonyl (C=O) groups is 1. The van der Waals surface area contributed by atoms with Crippen molar-refractivity contribution in [2.24, 2.45) is 0 Å². The van der Waals surface area contributed by atoms with Crippen molar-refractivity contribution in [1.82, 2.24) is 14.7 Å². The molecule has 116 valence electrons. The van der Waals surface area contributed by atoms with Crippen molar-refractivity contribution in [1.29, 1.82) is 0 Å². The van der Waals surface area contributed by atoms with Crippen LogP contribution in [-0.4, -0.2) is 44.9 Å². The minimum Gasteiger partial charge on any atom is -0.391 e. The molecule has 1 aliphatic rings. The van der Waals surface area contributed by atoms with Gasteiger partial charge in [-0.25, -0.2) is 4.68 Å². The molecule has 6 heteroatoms. The number of β-amino-alcohol motifs (C(OH)–C–C–N with tert-alkyl or cyclic N) is 1. The second-order valence-electron chi connectivity index (χ2n) is 5.59. The maximum Gasteiger partial charge on any atom is 0.258 e. The summed E-state index contributed by atoms with van der Waals surface area (Å²) in [7, 11) is 0. The molecule has 0 unspecified atom stereocenters. The van der Waals surface area contributed by atoms with Crippen molar-refractivity contribution in [2.75, 3.05) is 13.1 Å². The monoisotopic (exact) mass is 319 g/mol. The van der Waals surface area contributed by atoms with E-state index in [0.29, 0.717) is 42.5 Å². The molecular formula is C16H18ClN3O2. The summed E-state index contributed by atoms with van der Waals surface area (Å²) in [5.41, 5.74) is 2.13. The van der Waals surface area contributed by atoms with Crippen LogP contribution in [0.15, 0.2) is 30.3 Å². The van der Waals surface area contributed by atoms with Crippen LogP contribution in [-0.2, 0) is 6.54 Å². The number of rotatable bonds is 3. The molecule has 1 amide bonds. The van der Waals surface area contributed by atoms with Gasteiger partial charge in [0.25, 0.3) is 5.91 Å². The molecule has 0 saturated carbocycles. The number of aromatic nitrogens is 2. The van der Waals surface area contributed by atoms with E-state index in [1.807, 2.05) is 30.3 Å². The highest BCUT2D eigenvalue weighted by atomic mass is 35.5. The third kappa shape index (κ3) is 2.87. The molecule has 0 spiro atoms. The van der Waals surface area contributed by atoms with Crippen LogP contribution in [0.3, 0.4) is 0 Å². The summed E-state index contributed by atoms with van der Waals surface area (Å²) in [5.74, 6) is -0.154. The molecule has 1 fully saturated rings. The van der Waals surface area contributed by atoms with Crippen LogP contribution < -0.4 is 0 Å². The largest absolute Gasteiger partial charge is 0.391 e. The Morgan fingerprint density at radius 1 is 1.41 bits per heavy atom. The fraction of sp³-hybridized carbons (Fsp3) is 0.375. The normalized spacial score (nSPS) is 18.0. The van der Waals surface area contributed by atoms with Gasteiger partial charge in [0.2, 0.25) is 0 Å². The van der Waals surface area contributed by atoms with E-state index in [4.69, 9.17) is 11.6 Å². The van der Waals surface area contributed by atoms with Crippen LogP contribution in [0.4, 0.5) is 0 Å². The molecule has 0 radical (unpaired) electrons. The van der Waals surface area contributed by atoms with Crippen molar-refractivity contribution in [3.63, 3.8) is 0 Å². The van der Waals surface area contributed by atoms with E-state index in [0.717, 1.165) is 5.56 Å². The first-order valence-electron chi connectivity index (χ1n) is 7.30. The predicted molar refractivity (Wildman–Crippen MR) is 84.0 cm³/mol. The van der Waals surface area contributed by atoms with Gasteiger partial charge in [-0.15, -0.1) is 0 Å². The third-order valence-electron chi connectivity index (χ3n) is 3.91. The van der Waals surface area contributed by atoms with Crippen LogP contribution in [0.2, 0.25) is 5.15 Å². The summed E-state index contributed by atoms with van der Waals surface area (Å²) >= 11 is 6.38. The van der Waals surface area contributed by atoms with Gasteiger partial charge in [0.1, 0.15) is 5.15 Å².